The van der Waals surface area contributed by atoms with Gasteiger partial charge in [-0.05, 0) is 61.5 Å². The molecule has 0 heterocycles. The molecule has 0 unspecified atom stereocenters. The maximum atomic E-state index is 12.7. The normalized spacial score (nSPS) is 19.1. The molecular weight excluding hydrogens is 362 g/mol. The summed E-state index contributed by atoms with van der Waals surface area (Å²) in [5, 5.41) is 10.8. The van der Waals surface area contributed by atoms with Gasteiger partial charge >= 0.3 is 0 Å². The molecule has 0 aliphatic heterocycles. The van der Waals surface area contributed by atoms with Crippen molar-refractivity contribution in [1.29, 1.82) is 0 Å². The van der Waals surface area contributed by atoms with Crippen LogP contribution >= 0.6 is 0 Å². The van der Waals surface area contributed by atoms with Crippen molar-refractivity contribution >= 4 is 11.5 Å². The molecule has 1 aliphatic carbocycles. The van der Waals surface area contributed by atoms with Crippen molar-refractivity contribution in [3.8, 4) is 0 Å². The Labute approximate surface area is 173 Å². The molecule has 0 aromatic heterocycles. The van der Waals surface area contributed by atoms with Crippen LogP contribution in [0.4, 0.5) is 5.69 Å². The molecule has 154 valence electrons. The van der Waals surface area contributed by atoms with Crippen LogP contribution < -0.4 is 0 Å². The Morgan fingerprint density at radius 2 is 1.62 bits per heavy atom. The number of rotatable bonds is 9. The van der Waals surface area contributed by atoms with Crippen molar-refractivity contribution in [2.24, 2.45) is 5.92 Å². The van der Waals surface area contributed by atoms with Crippen LogP contribution in [0.2, 0.25) is 0 Å². The van der Waals surface area contributed by atoms with Crippen LogP contribution in [-0.2, 0) is 6.42 Å². The number of nitro benzene ring substituents is 1. The lowest BCUT2D eigenvalue weighted by Gasteiger charge is -2.28. The van der Waals surface area contributed by atoms with Gasteiger partial charge in [0.1, 0.15) is 0 Å². The average molecular weight is 394 g/mol. The Balaban J connectivity index is 1.47. The molecule has 4 nitrogen and oxygen atoms in total. The molecular formula is C25H31NO3. The molecule has 1 aliphatic rings. The second kappa shape index (κ2) is 10.3. The fraction of sp³-hybridized carbons (Fsp3) is 0.480. The van der Waals surface area contributed by atoms with Gasteiger partial charge in [-0.25, -0.2) is 0 Å². The summed E-state index contributed by atoms with van der Waals surface area (Å²) in [6.07, 6.45) is 9.59. The zero-order valence-electron chi connectivity index (χ0n) is 17.3. The summed E-state index contributed by atoms with van der Waals surface area (Å²) >= 11 is 0. The molecule has 0 amide bonds. The van der Waals surface area contributed by atoms with Crippen molar-refractivity contribution in [2.75, 3.05) is 0 Å². The van der Waals surface area contributed by atoms with Gasteiger partial charge in [0.15, 0.2) is 5.78 Å². The van der Waals surface area contributed by atoms with E-state index < -0.39 is 0 Å². The van der Waals surface area contributed by atoms with E-state index in [1.165, 1.54) is 30.4 Å². The number of nitrogens with zero attached hydrogens (tertiary/aromatic N) is 1. The van der Waals surface area contributed by atoms with Gasteiger partial charge in [0, 0.05) is 24.1 Å². The van der Waals surface area contributed by atoms with Crippen molar-refractivity contribution in [2.45, 2.75) is 70.6 Å². The molecule has 0 saturated heterocycles. The van der Waals surface area contributed by atoms with Gasteiger partial charge in [0.25, 0.3) is 5.69 Å². The molecule has 3 rings (SSSR count). The minimum atomic E-state index is -0.357. The van der Waals surface area contributed by atoms with Crippen LogP contribution in [0.3, 0.4) is 0 Å². The van der Waals surface area contributed by atoms with Crippen LogP contribution in [-0.4, -0.2) is 10.7 Å². The number of nitro groups is 1. The first-order chi connectivity index (χ1) is 14.1. The highest BCUT2D eigenvalue weighted by Gasteiger charge is 2.24. The number of ketones is 1. The summed E-state index contributed by atoms with van der Waals surface area (Å²) in [5.41, 5.74) is 3.48. The third kappa shape index (κ3) is 5.99. The van der Waals surface area contributed by atoms with Crippen LogP contribution in [0, 0.1) is 16.0 Å². The fourth-order valence-electron chi connectivity index (χ4n) is 4.38. The van der Waals surface area contributed by atoms with E-state index in [2.05, 4.69) is 19.1 Å². The first kappa shape index (κ1) is 21.2. The van der Waals surface area contributed by atoms with E-state index in [1.54, 1.807) is 12.1 Å². The van der Waals surface area contributed by atoms with Gasteiger partial charge in [0.05, 0.1) is 4.92 Å². The van der Waals surface area contributed by atoms with Crippen molar-refractivity contribution < 1.29 is 9.72 Å². The smallest absolute Gasteiger partial charge is 0.269 e. The molecule has 4 heteroatoms. The van der Waals surface area contributed by atoms with Crippen molar-refractivity contribution in [3.05, 3.63) is 75.3 Å². The zero-order chi connectivity index (χ0) is 20.6. The maximum absolute atomic E-state index is 12.7. The van der Waals surface area contributed by atoms with Crippen molar-refractivity contribution in [3.63, 3.8) is 0 Å². The minimum absolute atomic E-state index is 0.143. The molecule has 29 heavy (non-hydrogen) atoms. The van der Waals surface area contributed by atoms with E-state index in [0.717, 1.165) is 37.7 Å². The largest absolute Gasteiger partial charge is 0.294 e. The number of hydrogen-bond donors (Lipinski definition) is 0. The molecule has 1 fully saturated rings. The number of carbonyl (C=O) groups excluding carboxylic acids is 1. The van der Waals surface area contributed by atoms with Crippen molar-refractivity contribution in [1.82, 2.24) is 0 Å². The highest BCUT2D eigenvalue weighted by atomic mass is 16.6. The standard InChI is InChI=1S/C25H31NO3/c1-2-3-4-5-19-6-12-23(13-7-19)25(27)18-20-8-10-21(11-9-20)22-14-16-24(17-15-22)26(28)29/h6-7,12-17,20-21H,2-5,8-11,18H2,1H3. The lowest BCUT2D eigenvalue weighted by atomic mass is 9.76. The van der Waals surface area contributed by atoms with Crippen LogP contribution in [0.25, 0.3) is 0 Å². The molecule has 0 atom stereocenters. The van der Waals surface area contributed by atoms with Gasteiger partial charge in [-0.3, -0.25) is 14.9 Å². The lowest BCUT2D eigenvalue weighted by molar-refractivity contribution is -0.384. The van der Waals surface area contributed by atoms with Crippen LogP contribution in [0.15, 0.2) is 48.5 Å². The number of non-ortho nitro benzene ring substituents is 1. The minimum Gasteiger partial charge on any atom is -0.294 e. The fourth-order valence-corrected chi connectivity index (χ4v) is 4.38. The summed E-state index contributed by atoms with van der Waals surface area (Å²) in [5.74, 6) is 1.15. The Morgan fingerprint density at radius 1 is 0.966 bits per heavy atom. The van der Waals surface area contributed by atoms with Gasteiger partial charge in [-0.2, -0.15) is 0 Å². The summed E-state index contributed by atoms with van der Waals surface area (Å²) < 4.78 is 0. The lowest BCUT2D eigenvalue weighted by Crippen LogP contribution is -2.16. The number of hydrogen-bond acceptors (Lipinski definition) is 3. The topological polar surface area (TPSA) is 60.2 Å². The summed E-state index contributed by atoms with van der Waals surface area (Å²) in [4.78, 5) is 23.1. The molecule has 0 spiro atoms. The van der Waals surface area contributed by atoms with Gasteiger partial charge in [-0.15, -0.1) is 0 Å². The molecule has 2 aromatic carbocycles. The Kier molecular flexibility index (Phi) is 7.56. The third-order valence-electron chi connectivity index (χ3n) is 6.24. The maximum Gasteiger partial charge on any atom is 0.269 e. The summed E-state index contributed by atoms with van der Waals surface area (Å²) in [6, 6.07) is 15.2. The Morgan fingerprint density at radius 3 is 2.21 bits per heavy atom. The predicted molar refractivity (Wildman–Crippen MR) is 116 cm³/mol. The number of benzene rings is 2. The quantitative estimate of drug-likeness (QED) is 0.202. The predicted octanol–water partition coefficient (Wildman–Crippen LogP) is 6.87. The van der Waals surface area contributed by atoms with Crippen LogP contribution in [0.5, 0.6) is 0 Å². The summed E-state index contributed by atoms with van der Waals surface area (Å²) in [6.45, 7) is 2.21. The third-order valence-corrected chi connectivity index (χ3v) is 6.24. The number of unbranched alkanes of at least 4 members (excludes halogenated alkanes) is 2. The van der Waals surface area contributed by atoms with E-state index in [4.69, 9.17) is 0 Å². The van der Waals surface area contributed by atoms with Gasteiger partial charge in [0.2, 0.25) is 0 Å². The van der Waals surface area contributed by atoms with E-state index in [9.17, 15) is 14.9 Å². The number of Topliss-reactive ketones (excluding diaryl/α,β-unsaturated/α-hetero) is 1. The highest BCUT2D eigenvalue weighted by molar-refractivity contribution is 5.96. The first-order valence-corrected chi connectivity index (χ1v) is 10.9. The first-order valence-electron chi connectivity index (χ1n) is 10.9. The van der Waals surface area contributed by atoms with E-state index in [-0.39, 0.29) is 16.4 Å². The van der Waals surface area contributed by atoms with E-state index in [1.807, 2.05) is 24.3 Å². The zero-order valence-corrected chi connectivity index (χ0v) is 17.3. The van der Waals surface area contributed by atoms with Gasteiger partial charge < -0.3 is 0 Å². The average Bonchev–Trinajstić information content (AvgIpc) is 2.75. The molecule has 0 bridgehead atoms. The summed E-state index contributed by atoms with van der Waals surface area (Å²) in [7, 11) is 0. The second-order valence-electron chi connectivity index (χ2n) is 8.35. The number of aryl methyl sites for hydroxylation is 1. The van der Waals surface area contributed by atoms with E-state index in [0.29, 0.717) is 18.3 Å². The SMILES string of the molecule is CCCCCc1ccc(C(=O)CC2CCC(c3ccc([N+](=O)[O-])cc3)CC2)cc1. The molecule has 0 radical (unpaired) electrons. The number of carbonyl (C=O) groups is 1. The second-order valence-corrected chi connectivity index (χ2v) is 8.35. The Hall–Kier alpha value is -2.49. The monoisotopic (exact) mass is 393 g/mol. The van der Waals surface area contributed by atoms with Crippen LogP contribution in [0.1, 0.15) is 85.7 Å². The van der Waals surface area contributed by atoms with E-state index >= 15 is 0 Å². The molecule has 2 aromatic rings. The van der Waals surface area contributed by atoms with Gasteiger partial charge in [-0.1, -0.05) is 56.2 Å². The Bertz CT molecular complexity index is 803. The highest BCUT2D eigenvalue weighted by Crippen LogP contribution is 2.37. The molecule has 0 N–H and O–H groups in total. The molecule has 1 saturated carbocycles.